The Hall–Kier alpha value is -2.60. The predicted molar refractivity (Wildman–Crippen MR) is 82.1 cm³/mol. The quantitative estimate of drug-likeness (QED) is 0.459. The topological polar surface area (TPSA) is 43.4 Å². The molecule has 0 saturated carbocycles. The van der Waals surface area contributed by atoms with Gasteiger partial charge in [-0.05, 0) is 30.3 Å². The molecule has 0 amide bonds. The number of esters is 1. The van der Waals surface area contributed by atoms with Gasteiger partial charge in [-0.2, -0.15) is 0 Å². The molecule has 2 rings (SSSR count). The van der Waals surface area contributed by atoms with E-state index in [-0.39, 0.29) is 10.6 Å². The van der Waals surface area contributed by atoms with Crippen molar-refractivity contribution >= 4 is 29.4 Å². The van der Waals surface area contributed by atoms with Crippen LogP contribution in [0.3, 0.4) is 0 Å². The lowest BCUT2D eigenvalue weighted by Crippen LogP contribution is -2.14. The molecular weight excluding hydrogens is 345 g/mol. The monoisotopic (exact) mass is 354 g/mol. The number of hydrogen-bond donors (Lipinski definition) is 0. The Bertz CT molecular complexity index is 798. The summed E-state index contributed by atoms with van der Waals surface area (Å²) in [5, 5.41) is 0.100. The third-order valence-electron chi connectivity index (χ3n) is 2.96. The van der Waals surface area contributed by atoms with Crippen LogP contribution >= 0.6 is 11.6 Å². The van der Waals surface area contributed by atoms with Crippen LogP contribution in [0.1, 0.15) is 15.9 Å². The minimum absolute atomic E-state index is 0.00739. The van der Waals surface area contributed by atoms with Crippen LogP contribution in [0.4, 0.5) is 13.2 Å². The van der Waals surface area contributed by atoms with Crippen LogP contribution < -0.4 is 0 Å². The van der Waals surface area contributed by atoms with Crippen LogP contribution in [0.2, 0.25) is 5.02 Å². The summed E-state index contributed by atoms with van der Waals surface area (Å²) in [6.07, 6.45) is 1.99. The van der Waals surface area contributed by atoms with E-state index in [1.807, 2.05) is 0 Å². The molecule has 0 aliphatic heterocycles. The van der Waals surface area contributed by atoms with Crippen LogP contribution in [0.5, 0.6) is 0 Å². The molecule has 0 N–H and O–H groups in total. The van der Waals surface area contributed by atoms with E-state index in [2.05, 4.69) is 4.74 Å². The average molecular weight is 355 g/mol. The van der Waals surface area contributed by atoms with Gasteiger partial charge in [0, 0.05) is 17.7 Å². The summed E-state index contributed by atoms with van der Waals surface area (Å²) in [4.78, 5) is 23.3. The molecule has 0 aromatic heterocycles. The molecule has 0 aliphatic carbocycles. The van der Waals surface area contributed by atoms with Crippen molar-refractivity contribution in [2.45, 2.75) is 0 Å². The second-order valence-electron chi connectivity index (χ2n) is 4.62. The first-order valence-corrected chi connectivity index (χ1v) is 7.03. The number of benzene rings is 2. The van der Waals surface area contributed by atoms with E-state index in [1.165, 1.54) is 12.1 Å². The van der Waals surface area contributed by atoms with Gasteiger partial charge < -0.3 is 4.74 Å². The first-order chi connectivity index (χ1) is 11.4. The molecule has 0 bridgehead atoms. The summed E-state index contributed by atoms with van der Waals surface area (Å²) in [7, 11) is 0. The number of Topliss-reactive ketones (excluding diaryl/α,β-unsaturated/α-hetero) is 1. The second kappa shape index (κ2) is 7.79. The Morgan fingerprint density at radius 2 is 1.83 bits per heavy atom. The number of hydrogen-bond acceptors (Lipinski definition) is 3. The summed E-state index contributed by atoms with van der Waals surface area (Å²) in [6.45, 7) is -0.739. The summed E-state index contributed by atoms with van der Waals surface area (Å²) in [6, 6.07) is 6.43. The number of carbonyl (C=O) groups excluding carboxylic acids is 2. The molecule has 7 heteroatoms. The molecule has 0 radical (unpaired) electrons. The first-order valence-electron chi connectivity index (χ1n) is 6.65. The number of carbonyl (C=O) groups is 2. The SMILES string of the molecule is O=C(/C=C/c1c(F)cccc1Cl)OCC(=O)c1ccc(F)cc1F. The lowest BCUT2D eigenvalue weighted by atomic mass is 10.1. The molecule has 3 nitrogen and oxygen atoms in total. The van der Waals surface area contributed by atoms with Crippen molar-refractivity contribution in [2.75, 3.05) is 6.61 Å². The van der Waals surface area contributed by atoms with Crippen LogP contribution in [0.25, 0.3) is 6.08 Å². The summed E-state index contributed by atoms with van der Waals surface area (Å²) in [5.74, 6) is -4.28. The maximum atomic E-state index is 13.5. The molecule has 124 valence electrons. The number of rotatable bonds is 5. The Morgan fingerprint density at radius 3 is 2.50 bits per heavy atom. The Kier molecular flexibility index (Phi) is 5.76. The molecule has 0 aliphatic rings. The Labute approximate surface area is 140 Å². The molecule has 0 atom stereocenters. The lowest BCUT2D eigenvalue weighted by Gasteiger charge is -2.04. The molecule has 2 aromatic carbocycles. The largest absolute Gasteiger partial charge is 0.454 e. The fraction of sp³-hybridized carbons (Fsp3) is 0.0588. The summed E-state index contributed by atoms with van der Waals surface area (Å²) in [5.41, 5.74) is -0.405. The van der Waals surface area contributed by atoms with E-state index in [9.17, 15) is 22.8 Å². The molecule has 0 unspecified atom stereocenters. The van der Waals surface area contributed by atoms with Crippen LogP contribution in [-0.2, 0) is 9.53 Å². The highest BCUT2D eigenvalue weighted by Crippen LogP contribution is 2.20. The van der Waals surface area contributed by atoms with E-state index in [1.54, 1.807) is 0 Å². The van der Waals surface area contributed by atoms with E-state index in [0.717, 1.165) is 30.4 Å². The highest BCUT2D eigenvalue weighted by molar-refractivity contribution is 6.32. The maximum absolute atomic E-state index is 13.5. The van der Waals surface area contributed by atoms with Crippen molar-refractivity contribution in [3.05, 3.63) is 76.1 Å². The van der Waals surface area contributed by atoms with Gasteiger partial charge in [-0.1, -0.05) is 17.7 Å². The molecule has 0 heterocycles. The highest BCUT2D eigenvalue weighted by atomic mass is 35.5. The van der Waals surface area contributed by atoms with E-state index in [4.69, 9.17) is 11.6 Å². The number of halogens is 4. The van der Waals surface area contributed by atoms with Crippen molar-refractivity contribution in [3.63, 3.8) is 0 Å². The minimum Gasteiger partial charge on any atom is -0.454 e. The zero-order chi connectivity index (χ0) is 17.7. The lowest BCUT2D eigenvalue weighted by molar-refractivity contribution is -0.136. The second-order valence-corrected chi connectivity index (χ2v) is 5.03. The van der Waals surface area contributed by atoms with Crippen LogP contribution in [0.15, 0.2) is 42.5 Å². The zero-order valence-corrected chi connectivity index (χ0v) is 12.8. The maximum Gasteiger partial charge on any atom is 0.331 e. The van der Waals surface area contributed by atoms with Crippen molar-refractivity contribution < 1.29 is 27.5 Å². The number of ketones is 1. The van der Waals surface area contributed by atoms with Gasteiger partial charge in [0.1, 0.15) is 17.5 Å². The van der Waals surface area contributed by atoms with Gasteiger partial charge in [-0.15, -0.1) is 0 Å². The number of ether oxygens (including phenoxy) is 1. The van der Waals surface area contributed by atoms with Gasteiger partial charge in [0.05, 0.1) is 10.6 Å². The Morgan fingerprint density at radius 1 is 1.08 bits per heavy atom. The van der Waals surface area contributed by atoms with Crippen LogP contribution in [0, 0.1) is 17.5 Å². The van der Waals surface area contributed by atoms with Crippen molar-refractivity contribution in [1.29, 1.82) is 0 Å². The van der Waals surface area contributed by atoms with Crippen LogP contribution in [-0.4, -0.2) is 18.4 Å². The zero-order valence-electron chi connectivity index (χ0n) is 12.1. The molecule has 0 fully saturated rings. The van der Waals surface area contributed by atoms with E-state index >= 15 is 0 Å². The van der Waals surface area contributed by atoms with E-state index in [0.29, 0.717) is 6.07 Å². The standard InChI is InChI=1S/C17H10ClF3O3/c18-13-2-1-3-14(20)11(13)6-7-17(23)24-9-16(22)12-5-4-10(19)8-15(12)21/h1-8H,9H2/b7-6+. The normalized spacial score (nSPS) is 10.8. The van der Waals surface area contributed by atoms with Gasteiger partial charge in [0.25, 0.3) is 0 Å². The van der Waals surface area contributed by atoms with Crippen molar-refractivity contribution in [3.8, 4) is 0 Å². The smallest absolute Gasteiger partial charge is 0.331 e. The fourth-order valence-corrected chi connectivity index (χ4v) is 2.03. The summed E-state index contributed by atoms with van der Waals surface area (Å²) < 4.78 is 44.3. The molecule has 24 heavy (non-hydrogen) atoms. The van der Waals surface area contributed by atoms with Crippen molar-refractivity contribution in [1.82, 2.24) is 0 Å². The third-order valence-corrected chi connectivity index (χ3v) is 3.29. The molecule has 0 spiro atoms. The van der Waals surface area contributed by atoms with Gasteiger partial charge >= 0.3 is 5.97 Å². The van der Waals surface area contributed by atoms with Gasteiger partial charge in [-0.3, -0.25) is 4.79 Å². The van der Waals surface area contributed by atoms with Crippen molar-refractivity contribution in [2.24, 2.45) is 0 Å². The minimum atomic E-state index is -1.05. The average Bonchev–Trinajstić information content (AvgIpc) is 2.52. The molecular formula is C17H10ClF3O3. The Balaban J connectivity index is 1.98. The highest BCUT2D eigenvalue weighted by Gasteiger charge is 2.14. The summed E-state index contributed by atoms with van der Waals surface area (Å²) >= 11 is 5.78. The third kappa shape index (κ3) is 4.45. The molecule has 0 saturated heterocycles. The first kappa shape index (κ1) is 17.7. The predicted octanol–water partition coefficient (Wildman–Crippen LogP) is 4.20. The van der Waals surface area contributed by atoms with Gasteiger partial charge in [0.2, 0.25) is 5.78 Å². The van der Waals surface area contributed by atoms with Gasteiger partial charge in [-0.25, -0.2) is 18.0 Å². The van der Waals surface area contributed by atoms with E-state index < -0.39 is 41.4 Å². The fourth-order valence-electron chi connectivity index (χ4n) is 1.80. The van der Waals surface area contributed by atoms with Gasteiger partial charge in [0.15, 0.2) is 6.61 Å². The molecule has 2 aromatic rings.